The van der Waals surface area contributed by atoms with Gasteiger partial charge < -0.3 is 14.4 Å². The van der Waals surface area contributed by atoms with Gasteiger partial charge in [-0.15, -0.1) is 0 Å². The van der Waals surface area contributed by atoms with Crippen molar-refractivity contribution in [2.24, 2.45) is 0 Å². The first-order valence-corrected chi connectivity index (χ1v) is 13.8. The molecule has 0 atom stereocenters. The van der Waals surface area contributed by atoms with Crippen LogP contribution in [-0.2, 0) is 0 Å². The van der Waals surface area contributed by atoms with Crippen LogP contribution < -0.4 is 14.4 Å². The summed E-state index contributed by atoms with van der Waals surface area (Å²) in [6.07, 6.45) is 0. The number of anilines is 1. The van der Waals surface area contributed by atoms with E-state index in [0.29, 0.717) is 60.1 Å². The summed E-state index contributed by atoms with van der Waals surface area (Å²) >= 11 is 0. The molecule has 0 aliphatic carbocycles. The van der Waals surface area contributed by atoms with Crippen LogP contribution >= 0.6 is 0 Å². The van der Waals surface area contributed by atoms with E-state index in [1.54, 1.807) is 48.5 Å². The number of halogens is 2. The van der Waals surface area contributed by atoms with Gasteiger partial charge >= 0.3 is 0 Å². The van der Waals surface area contributed by atoms with Gasteiger partial charge in [0.2, 0.25) is 0 Å². The summed E-state index contributed by atoms with van der Waals surface area (Å²) < 4.78 is 38.3. The summed E-state index contributed by atoms with van der Waals surface area (Å²) in [5.74, 6) is 0.128. The van der Waals surface area contributed by atoms with E-state index in [9.17, 15) is 18.4 Å². The second-order valence-electron chi connectivity index (χ2n) is 9.74. The van der Waals surface area contributed by atoms with Gasteiger partial charge in [-0.1, -0.05) is 18.2 Å². The van der Waals surface area contributed by atoms with Gasteiger partial charge in [-0.05, 0) is 109 Å². The molecule has 5 rings (SSSR count). The van der Waals surface area contributed by atoms with Gasteiger partial charge in [0.15, 0.2) is 11.6 Å². The SMILES string of the molecule is O=C(c1ccc(F)cc1)c1ccc(OCCN(CCOc2ccc(C(=O)c3ccc(F)cc3)cc2)c2ccccc2)cc1. The number of carbonyl (C=O) groups is 2. The molecule has 0 N–H and O–H groups in total. The van der Waals surface area contributed by atoms with Crippen LogP contribution in [0, 0.1) is 11.6 Å². The highest BCUT2D eigenvalue weighted by molar-refractivity contribution is 6.09. The molecule has 0 aliphatic heterocycles. The molecule has 0 radical (unpaired) electrons. The minimum Gasteiger partial charge on any atom is -0.492 e. The Morgan fingerprint density at radius 3 is 1.21 bits per heavy atom. The number of hydrogen-bond donors (Lipinski definition) is 0. The molecule has 0 saturated carbocycles. The van der Waals surface area contributed by atoms with Crippen molar-refractivity contribution in [2.75, 3.05) is 31.2 Å². The molecule has 0 heterocycles. The van der Waals surface area contributed by atoms with Crippen molar-refractivity contribution in [1.82, 2.24) is 0 Å². The smallest absolute Gasteiger partial charge is 0.193 e. The predicted molar refractivity (Wildman–Crippen MR) is 162 cm³/mol. The standard InChI is InChI=1S/C36H29F2NO4/c37-30-14-6-26(7-15-30)35(40)28-10-18-33(19-11-28)42-24-22-39(32-4-2-1-3-5-32)23-25-43-34-20-12-29(13-21-34)36(41)27-8-16-31(38)17-9-27/h1-21H,22-25H2. The third-order valence-corrected chi connectivity index (χ3v) is 6.83. The Balaban J connectivity index is 1.13. The number of ether oxygens (including phenoxy) is 2. The minimum absolute atomic E-state index is 0.184. The average Bonchev–Trinajstić information content (AvgIpc) is 3.05. The molecule has 0 bridgehead atoms. The number of carbonyl (C=O) groups excluding carboxylic acids is 2. The molecule has 0 aromatic heterocycles. The Morgan fingerprint density at radius 2 is 0.837 bits per heavy atom. The Labute approximate surface area is 248 Å². The Bertz CT molecular complexity index is 1530. The highest BCUT2D eigenvalue weighted by Crippen LogP contribution is 2.19. The molecule has 0 fully saturated rings. The molecule has 0 aliphatic rings. The first-order chi connectivity index (χ1) is 21.0. The number of benzene rings is 5. The molecule has 5 aromatic rings. The predicted octanol–water partition coefficient (Wildman–Crippen LogP) is 7.39. The van der Waals surface area contributed by atoms with E-state index in [1.807, 2.05) is 30.3 Å². The van der Waals surface area contributed by atoms with Gasteiger partial charge in [-0.2, -0.15) is 0 Å². The van der Waals surface area contributed by atoms with Crippen LogP contribution in [0.25, 0.3) is 0 Å². The molecule has 7 heteroatoms. The maximum absolute atomic E-state index is 13.2. The fourth-order valence-electron chi connectivity index (χ4n) is 4.50. The maximum atomic E-state index is 13.2. The number of para-hydroxylation sites is 1. The van der Waals surface area contributed by atoms with Gasteiger partial charge in [-0.3, -0.25) is 9.59 Å². The monoisotopic (exact) mass is 577 g/mol. The summed E-state index contributed by atoms with van der Waals surface area (Å²) in [5.41, 5.74) is 2.86. The molecule has 0 amide bonds. The molecular weight excluding hydrogens is 548 g/mol. The molecule has 5 aromatic carbocycles. The van der Waals surface area contributed by atoms with Crippen LogP contribution in [0.3, 0.4) is 0 Å². The lowest BCUT2D eigenvalue weighted by atomic mass is 10.0. The topological polar surface area (TPSA) is 55.8 Å². The quantitative estimate of drug-likeness (QED) is 0.137. The number of nitrogens with zero attached hydrogens (tertiary/aromatic N) is 1. The van der Waals surface area contributed by atoms with Gasteiger partial charge in [-0.25, -0.2) is 8.78 Å². The minimum atomic E-state index is -0.386. The summed E-state index contributed by atoms with van der Waals surface area (Å²) in [7, 11) is 0. The largest absolute Gasteiger partial charge is 0.492 e. The van der Waals surface area contributed by atoms with E-state index < -0.39 is 0 Å². The Kier molecular flexibility index (Phi) is 9.54. The van der Waals surface area contributed by atoms with Crippen molar-refractivity contribution in [1.29, 1.82) is 0 Å². The number of rotatable bonds is 13. The maximum Gasteiger partial charge on any atom is 0.193 e. The summed E-state index contributed by atoms with van der Waals surface area (Å²) in [5, 5.41) is 0. The number of hydrogen-bond acceptors (Lipinski definition) is 5. The zero-order valence-electron chi connectivity index (χ0n) is 23.3. The second kappa shape index (κ2) is 14.0. The molecule has 0 saturated heterocycles. The van der Waals surface area contributed by atoms with Crippen LogP contribution in [0.2, 0.25) is 0 Å². The van der Waals surface area contributed by atoms with Crippen LogP contribution in [0.4, 0.5) is 14.5 Å². The highest BCUT2D eigenvalue weighted by Gasteiger charge is 2.12. The summed E-state index contributed by atoms with van der Waals surface area (Å²) in [6, 6.07) is 34.7. The van der Waals surface area contributed by atoms with Crippen LogP contribution in [0.5, 0.6) is 11.5 Å². The zero-order chi connectivity index (χ0) is 30.0. The van der Waals surface area contributed by atoms with Crippen LogP contribution in [0.15, 0.2) is 127 Å². The van der Waals surface area contributed by atoms with Gasteiger partial charge in [0, 0.05) is 27.9 Å². The summed E-state index contributed by atoms with van der Waals surface area (Å²) in [6.45, 7) is 1.99. The summed E-state index contributed by atoms with van der Waals surface area (Å²) in [4.78, 5) is 27.4. The molecule has 43 heavy (non-hydrogen) atoms. The lowest BCUT2D eigenvalue weighted by Crippen LogP contribution is -2.32. The van der Waals surface area contributed by atoms with Gasteiger partial charge in [0.1, 0.15) is 36.3 Å². The van der Waals surface area contributed by atoms with E-state index in [4.69, 9.17) is 9.47 Å². The fraction of sp³-hybridized carbons (Fsp3) is 0.111. The molecule has 216 valence electrons. The van der Waals surface area contributed by atoms with Crippen molar-refractivity contribution in [3.05, 3.63) is 161 Å². The highest BCUT2D eigenvalue weighted by atomic mass is 19.1. The third kappa shape index (κ3) is 7.92. The zero-order valence-corrected chi connectivity index (χ0v) is 23.3. The van der Waals surface area contributed by atoms with E-state index in [2.05, 4.69) is 4.90 Å². The lowest BCUT2D eigenvalue weighted by molar-refractivity contribution is 0.103. The molecular formula is C36H29F2NO4. The van der Waals surface area contributed by atoms with Gasteiger partial charge in [0.25, 0.3) is 0 Å². The molecule has 0 spiro atoms. The lowest BCUT2D eigenvalue weighted by Gasteiger charge is -2.25. The third-order valence-electron chi connectivity index (χ3n) is 6.83. The Hall–Kier alpha value is -5.30. The normalized spacial score (nSPS) is 10.7. The van der Waals surface area contributed by atoms with E-state index in [0.717, 1.165) is 5.69 Å². The van der Waals surface area contributed by atoms with Crippen LogP contribution in [0.1, 0.15) is 31.8 Å². The van der Waals surface area contributed by atoms with Crippen LogP contribution in [-0.4, -0.2) is 37.9 Å². The van der Waals surface area contributed by atoms with Crippen molar-refractivity contribution in [3.63, 3.8) is 0 Å². The number of ketones is 2. The van der Waals surface area contributed by atoms with Crippen molar-refractivity contribution in [2.45, 2.75) is 0 Å². The van der Waals surface area contributed by atoms with Crippen molar-refractivity contribution >= 4 is 17.3 Å². The van der Waals surface area contributed by atoms with E-state index in [-0.39, 0.29) is 23.2 Å². The fourth-order valence-corrected chi connectivity index (χ4v) is 4.50. The average molecular weight is 578 g/mol. The second-order valence-corrected chi connectivity index (χ2v) is 9.74. The van der Waals surface area contributed by atoms with Crippen molar-refractivity contribution < 1.29 is 27.8 Å². The van der Waals surface area contributed by atoms with E-state index >= 15 is 0 Å². The van der Waals surface area contributed by atoms with Gasteiger partial charge in [0.05, 0.1) is 13.1 Å². The first kappa shape index (κ1) is 29.2. The molecule has 5 nitrogen and oxygen atoms in total. The van der Waals surface area contributed by atoms with Crippen molar-refractivity contribution in [3.8, 4) is 11.5 Å². The van der Waals surface area contributed by atoms with E-state index in [1.165, 1.54) is 48.5 Å². The molecule has 0 unspecified atom stereocenters. The Morgan fingerprint density at radius 1 is 0.488 bits per heavy atom. The first-order valence-electron chi connectivity index (χ1n) is 13.8.